The van der Waals surface area contributed by atoms with E-state index in [1.165, 1.54) is 5.69 Å². The van der Waals surface area contributed by atoms with Gasteiger partial charge in [-0.15, -0.1) is 24.8 Å². The van der Waals surface area contributed by atoms with Crippen LogP contribution in [0.3, 0.4) is 0 Å². The summed E-state index contributed by atoms with van der Waals surface area (Å²) in [7, 11) is 0. The highest BCUT2D eigenvalue weighted by atomic mass is 35.5. The molecule has 2 N–H and O–H groups in total. The van der Waals surface area contributed by atoms with Gasteiger partial charge in [0, 0.05) is 31.9 Å². The number of anilines is 1. The van der Waals surface area contributed by atoms with E-state index in [1.807, 2.05) is 19.9 Å². The van der Waals surface area contributed by atoms with Crippen LogP contribution in [0.15, 0.2) is 34.9 Å². The molecule has 24 heavy (non-hydrogen) atoms. The smallest absolute Gasteiger partial charge is 0.240 e. The summed E-state index contributed by atoms with van der Waals surface area (Å²) in [4.78, 5) is 9.13. The summed E-state index contributed by atoms with van der Waals surface area (Å²) in [5.74, 6) is 1.20. The molecule has 0 unspecified atom stereocenters. The van der Waals surface area contributed by atoms with E-state index in [1.54, 1.807) is 0 Å². The molecule has 3 rings (SSSR count). The number of hydrogen-bond acceptors (Lipinski definition) is 6. The van der Waals surface area contributed by atoms with Gasteiger partial charge in [0.05, 0.1) is 12.1 Å². The molecule has 0 amide bonds. The second-order valence-electron chi connectivity index (χ2n) is 6.33. The van der Waals surface area contributed by atoms with Crippen molar-refractivity contribution in [2.24, 2.45) is 5.73 Å². The predicted molar refractivity (Wildman–Crippen MR) is 99.9 cm³/mol. The zero-order valence-corrected chi connectivity index (χ0v) is 15.6. The van der Waals surface area contributed by atoms with Crippen LogP contribution in [0.1, 0.15) is 25.6 Å². The van der Waals surface area contributed by atoms with E-state index in [9.17, 15) is 0 Å². The molecule has 2 heterocycles. The lowest BCUT2D eigenvalue weighted by molar-refractivity contribution is 0.215. The van der Waals surface area contributed by atoms with Gasteiger partial charge >= 0.3 is 0 Å². The summed E-state index contributed by atoms with van der Waals surface area (Å²) >= 11 is 0. The van der Waals surface area contributed by atoms with Gasteiger partial charge in [-0.1, -0.05) is 23.4 Å². The minimum Gasteiger partial charge on any atom is -0.369 e. The summed E-state index contributed by atoms with van der Waals surface area (Å²) in [6, 6.07) is 10.5. The van der Waals surface area contributed by atoms with Gasteiger partial charge in [0.2, 0.25) is 5.89 Å². The van der Waals surface area contributed by atoms with Crippen LogP contribution in [0, 0.1) is 0 Å². The molecule has 6 nitrogen and oxygen atoms in total. The third-order valence-electron chi connectivity index (χ3n) is 3.90. The Morgan fingerprint density at radius 3 is 2.25 bits per heavy atom. The van der Waals surface area contributed by atoms with Crippen LogP contribution in [-0.4, -0.2) is 41.2 Å². The average molecular weight is 374 g/mol. The molecule has 1 fully saturated rings. The van der Waals surface area contributed by atoms with Gasteiger partial charge in [0.25, 0.3) is 0 Å². The van der Waals surface area contributed by atoms with Crippen LogP contribution >= 0.6 is 24.8 Å². The Hall–Kier alpha value is -1.34. The predicted octanol–water partition coefficient (Wildman–Crippen LogP) is 2.43. The fraction of sp³-hybridized carbons (Fsp3) is 0.500. The first-order valence-electron chi connectivity index (χ1n) is 7.67. The van der Waals surface area contributed by atoms with E-state index < -0.39 is 5.54 Å². The van der Waals surface area contributed by atoms with Gasteiger partial charge in [-0.3, -0.25) is 4.90 Å². The monoisotopic (exact) mass is 373 g/mol. The van der Waals surface area contributed by atoms with E-state index in [2.05, 4.69) is 44.2 Å². The number of nitrogens with two attached hydrogens (primary N) is 1. The second kappa shape index (κ2) is 8.67. The van der Waals surface area contributed by atoms with Gasteiger partial charge in [-0.25, -0.2) is 0 Å². The first-order chi connectivity index (χ1) is 10.5. The maximum absolute atomic E-state index is 5.98. The van der Waals surface area contributed by atoms with E-state index in [0.717, 1.165) is 26.2 Å². The normalized spacial score (nSPS) is 15.5. The second-order valence-corrected chi connectivity index (χ2v) is 6.33. The first kappa shape index (κ1) is 20.7. The Morgan fingerprint density at radius 2 is 1.71 bits per heavy atom. The lowest BCUT2D eigenvalue weighted by Gasteiger charge is -2.35. The third-order valence-corrected chi connectivity index (χ3v) is 3.90. The molecule has 0 spiro atoms. The fourth-order valence-electron chi connectivity index (χ4n) is 2.58. The van der Waals surface area contributed by atoms with Crippen molar-refractivity contribution in [1.82, 2.24) is 15.0 Å². The van der Waals surface area contributed by atoms with Gasteiger partial charge in [0.15, 0.2) is 5.82 Å². The fourth-order valence-corrected chi connectivity index (χ4v) is 2.58. The minimum absolute atomic E-state index is 0. The Kier molecular flexibility index (Phi) is 7.48. The Balaban J connectivity index is 0.00000144. The molecule has 1 saturated heterocycles. The summed E-state index contributed by atoms with van der Waals surface area (Å²) in [5.41, 5.74) is 6.70. The number of hydrogen-bond donors (Lipinski definition) is 1. The van der Waals surface area contributed by atoms with Gasteiger partial charge in [-0.2, -0.15) is 4.98 Å². The van der Waals surface area contributed by atoms with E-state index in [-0.39, 0.29) is 24.8 Å². The lowest BCUT2D eigenvalue weighted by Crippen LogP contribution is -2.46. The summed E-state index contributed by atoms with van der Waals surface area (Å²) in [5, 5.41) is 3.97. The molecule has 8 heteroatoms. The van der Waals surface area contributed by atoms with Crippen molar-refractivity contribution < 1.29 is 4.52 Å². The average Bonchev–Trinajstić information content (AvgIpc) is 2.98. The highest BCUT2D eigenvalue weighted by molar-refractivity contribution is 5.85. The molecule has 0 radical (unpaired) electrons. The zero-order chi connectivity index (χ0) is 15.6. The number of benzene rings is 1. The van der Waals surface area contributed by atoms with E-state index in [4.69, 9.17) is 10.3 Å². The summed E-state index contributed by atoms with van der Waals surface area (Å²) in [6.45, 7) is 8.42. The van der Waals surface area contributed by atoms with Crippen molar-refractivity contribution in [2.75, 3.05) is 31.1 Å². The maximum Gasteiger partial charge on any atom is 0.240 e. The van der Waals surface area contributed by atoms with Crippen molar-refractivity contribution in [3.05, 3.63) is 42.0 Å². The molecule has 1 aromatic carbocycles. The van der Waals surface area contributed by atoms with Crippen molar-refractivity contribution in [3.8, 4) is 0 Å². The number of aromatic nitrogens is 2. The van der Waals surface area contributed by atoms with Crippen LogP contribution in [-0.2, 0) is 12.1 Å². The molecular weight excluding hydrogens is 349 g/mol. The molecular formula is C16H25Cl2N5O. The molecule has 2 aromatic rings. The number of nitrogens with zero attached hydrogens (tertiary/aromatic N) is 4. The highest BCUT2D eigenvalue weighted by Crippen LogP contribution is 2.17. The largest absolute Gasteiger partial charge is 0.369 e. The molecule has 0 atom stereocenters. The summed E-state index contributed by atoms with van der Waals surface area (Å²) in [6.07, 6.45) is 0. The van der Waals surface area contributed by atoms with Crippen molar-refractivity contribution in [3.63, 3.8) is 0 Å². The Bertz CT molecular complexity index is 606. The number of piperazine rings is 1. The Morgan fingerprint density at radius 1 is 1.08 bits per heavy atom. The van der Waals surface area contributed by atoms with Crippen molar-refractivity contribution in [2.45, 2.75) is 25.9 Å². The number of rotatable bonds is 4. The van der Waals surface area contributed by atoms with Crippen molar-refractivity contribution >= 4 is 30.5 Å². The maximum atomic E-state index is 5.98. The lowest BCUT2D eigenvalue weighted by atomic mass is 10.1. The minimum atomic E-state index is -0.562. The van der Waals surface area contributed by atoms with Crippen LogP contribution in [0.5, 0.6) is 0 Å². The third kappa shape index (κ3) is 5.08. The molecule has 1 aliphatic rings. The van der Waals surface area contributed by atoms with E-state index >= 15 is 0 Å². The molecule has 0 bridgehead atoms. The molecule has 0 aliphatic carbocycles. The SMILES string of the molecule is CC(C)(N)c1noc(CN2CCN(c3ccccc3)CC2)n1.Cl.Cl. The quantitative estimate of drug-likeness (QED) is 0.886. The van der Waals surface area contributed by atoms with Crippen LogP contribution < -0.4 is 10.6 Å². The molecule has 0 saturated carbocycles. The molecule has 134 valence electrons. The molecule has 1 aliphatic heterocycles. The number of halogens is 2. The Labute approximate surface area is 155 Å². The van der Waals surface area contributed by atoms with Crippen molar-refractivity contribution in [1.29, 1.82) is 0 Å². The van der Waals surface area contributed by atoms with Crippen LogP contribution in [0.25, 0.3) is 0 Å². The van der Waals surface area contributed by atoms with Crippen LogP contribution in [0.2, 0.25) is 0 Å². The highest BCUT2D eigenvalue weighted by Gasteiger charge is 2.23. The molecule has 1 aromatic heterocycles. The number of para-hydroxylation sites is 1. The van der Waals surface area contributed by atoms with Gasteiger partial charge in [-0.05, 0) is 26.0 Å². The van der Waals surface area contributed by atoms with Gasteiger partial charge in [0.1, 0.15) is 0 Å². The van der Waals surface area contributed by atoms with Gasteiger partial charge < -0.3 is 15.2 Å². The topological polar surface area (TPSA) is 71.4 Å². The van der Waals surface area contributed by atoms with E-state index in [0.29, 0.717) is 18.3 Å². The first-order valence-corrected chi connectivity index (χ1v) is 7.67. The summed E-state index contributed by atoms with van der Waals surface area (Å²) < 4.78 is 5.31. The zero-order valence-electron chi connectivity index (χ0n) is 14.0. The van der Waals surface area contributed by atoms with Crippen LogP contribution in [0.4, 0.5) is 5.69 Å². The standard InChI is InChI=1S/C16H23N5O.2ClH/c1-16(2,17)15-18-14(22-19-15)12-20-8-10-21(11-9-20)13-6-4-3-5-7-13;;/h3-7H,8-12,17H2,1-2H3;2*1H.